The van der Waals surface area contributed by atoms with Crippen LogP contribution in [0.25, 0.3) is 0 Å². The molecule has 5 heteroatoms. The molecule has 2 rings (SSSR count). The first kappa shape index (κ1) is 9.05. The fraction of sp³-hybridized carbons (Fsp3) is 0.556. The van der Waals surface area contributed by atoms with Crippen LogP contribution in [0.5, 0.6) is 0 Å². The molecule has 76 valence electrons. The monoisotopic (exact) mass is 194 g/mol. The molecule has 14 heavy (non-hydrogen) atoms. The van der Waals surface area contributed by atoms with E-state index in [-0.39, 0.29) is 5.91 Å². The van der Waals surface area contributed by atoms with Crippen molar-refractivity contribution in [3.8, 4) is 0 Å². The van der Waals surface area contributed by atoms with Crippen molar-refractivity contribution in [2.45, 2.75) is 19.8 Å². The molecule has 2 N–H and O–H groups in total. The van der Waals surface area contributed by atoms with E-state index >= 15 is 0 Å². The lowest BCUT2D eigenvalue weighted by atomic mass is 10.2. The Bertz CT molecular complexity index is 369. The van der Waals surface area contributed by atoms with Crippen molar-refractivity contribution in [2.75, 3.05) is 12.0 Å². The van der Waals surface area contributed by atoms with Gasteiger partial charge >= 0.3 is 0 Å². The molecule has 5 nitrogen and oxygen atoms in total. The van der Waals surface area contributed by atoms with E-state index in [1.165, 1.54) is 0 Å². The van der Waals surface area contributed by atoms with Crippen LogP contribution in [0.1, 0.15) is 29.5 Å². The summed E-state index contributed by atoms with van der Waals surface area (Å²) >= 11 is 0. The third kappa shape index (κ3) is 1.25. The second-order valence-corrected chi connectivity index (χ2v) is 3.40. The van der Waals surface area contributed by atoms with Crippen LogP contribution in [0.3, 0.4) is 0 Å². The highest BCUT2D eigenvalue weighted by Crippen LogP contribution is 2.23. The van der Waals surface area contributed by atoms with Gasteiger partial charge in [0.1, 0.15) is 5.69 Å². The third-order valence-electron chi connectivity index (χ3n) is 2.34. The number of hydrogen-bond acceptors (Lipinski definition) is 3. The van der Waals surface area contributed by atoms with Gasteiger partial charge in [-0.1, -0.05) is 13.3 Å². The van der Waals surface area contributed by atoms with Gasteiger partial charge in [0.15, 0.2) is 0 Å². The fourth-order valence-corrected chi connectivity index (χ4v) is 1.73. The minimum atomic E-state index is -0.0453. The van der Waals surface area contributed by atoms with Gasteiger partial charge in [0.05, 0.1) is 18.1 Å². The van der Waals surface area contributed by atoms with Gasteiger partial charge in [-0.25, -0.2) is 0 Å². The van der Waals surface area contributed by atoms with Gasteiger partial charge in [0.2, 0.25) is 0 Å². The van der Waals surface area contributed by atoms with Gasteiger partial charge in [-0.2, -0.15) is 5.10 Å². The number of rotatable bonds is 2. The van der Waals surface area contributed by atoms with E-state index in [1.54, 1.807) is 11.7 Å². The Balaban J connectivity index is 2.46. The van der Waals surface area contributed by atoms with Crippen molar-refractivity contribution in [3.05, 3.63) is 11.4 Å². The number of carbonyl (C=O) groups excluding carboxylic acids is 1. The lowest BCUT2D eigenvalue weighted by molar-refractivity contribution is 0.0943. The SMILES string of the molecule is CCCc1nn(C)c2c1NCNC2=O. The van der Waals surface area contributed by atoms with E-state index in [9.17, 15) is 4.79 Å². The molecule has 1 aliphatic heterocycles. The minimum Gasteiger partial charge on any atom is -0.364 e. The van der Waals surface area contributed by atoms with Gasteiger partial charge in [-0.15, -0.1) is 0 Å². The Morgan fingerprint density at radius 3 is 3.00 bits per heavy atom. The Hall–Kier alpha value is -1.52. The topological polar surface area (TPSA) is 59.0 Å². The van der Waals surface area contributed by atoms with E-state index < -0.39 is 0 Å². The van der Waals surface area contributed by atoms with Crippen LogP contribution in [0.2, 0.25) is 0 Å². The maximum atomic E-state index is 11.5. The summed E-state index contributed by atoms with van der Waals surface area (Å²) in [5.41, 5.74) is 2.53. The van der Waals surface area contributed by atoms with Crippen molar-refractivity contribution < 1.29 is 4.79 Å². The van der Waals surface area contributed by atoms with Crippen LogP contribution in [-0.4, -0.2) is 22.4 Å². The molecule has 0 saturated carbocycles. The first-order valence-corrected chi connectivity index (χ1v) is 4.82. The van der Waals surface area contributed by atoms with Gasteiger partial charge < -0.3 is 10.6 Å². The van der Waals surface area contributed by atoms with Crippen LogP contribution in [0, 0.1) is 0 Å². The molecule has 0 atom stereocenters. The number of hydrogen-bond donors (Lipinski definition) is 2. The number of nitrogens with one attached hydrogen (secondary N) is 2. The highest BCUT2D eigenvalue weighted by molar-refractivity contribution is 6.00. The largest absolute Gasteiger partial charge is 0.364 e. The maximum absolute atomic E-state index is 11.5. The summed E-state index contributed by atoms with van der Waals surface area (Å²) < 4.78 is 1.64. The highest BCUT2D eigenvalue weighted by Gasteiger charge is 2.24. The fourth-order valence-electron chi connectivity index (χ4n) is 1.73. The number of amides is 1. The van der Waals surface area contributed by atoms with Gasteiger partial charge in [0, 0.05) is 7.05 Å². The Labute approximate surface area is 82.5 Å². The molecular weight excluding hydrogens is 180 g/mol. The minimum absolute atomic E-state index is 0.0453. The molecular formula is C9H14N4O. The average Bonchev–Trinajstić information content (AvgIpc) is 2.46. The van der Waals surface area contributed by atoms with Crippen LogP contribution in [0.15, 0.2) is 0 Å². The molecule has 0 spiro atoms. The van der Waals surface area contributed by atoms with E-state index in [1.807, 2.05) is 0 Å². The number of aromatic nitrogens is 2. The van der Waals surface area contributed by atoms with E-state index in [4.69, 9.17) is 0 Å². The third-order valence-corrected chi connectivity index (χ3v) is 2.34. The zero-order chi connectivity index (χ0) is 10.1. The number of carbonyl (C=O) groups is 1. The van der Waals surface area contributed by atoms with E-state index in [0.29, 0.717) is 12.4 Å². The van der Waals surface area contributed by atoms with Crippen LogP contribution >= 0.6 is 0 Å². The van der Waals surface area contributed by atoms with Crippen molar-refractivity contribution in [1.82, 2.24) is 15.1 Å². The number of fused-ring (bicyclic) bond motifs is 1. The predicted octanol–water partition coefficient (Wildman–Crippen LogP) is 0.485. The summed E-state index contributed by atoms with van der Waals surface area (Å²) in [6.45, 7) is 2.60. The van der Waals surface area contributed by atoms with Crippen molar-refractivity contribution in [1.29, 1.82) is 0 Å². The smallest absolute Gasteiger partial charge is 0.273 e. The lowest BCUT2D eigenvalue weighted by Gasteiger charge is -2.15. The Kier molecular flexibility index (Phi) is 2.15. The molecule has 1 amide bonds. The average molecular weight is 194 g/mol. The van der Waals surface area contributed by atoms with Gasteiger partial charge in [-0.05, 0) is 6.42 Å². The first-order chi connectivity index (χ1) is 6.74. The summed E-state index contributed by atoms with van der Waals surface area (Å²) in [5, 5.41) is 10.2. The molecule has 0 saturated heterocycles. The van der Waals surface area contributed by atoms with Gasteiger partial charge in [-0.3, -0.25) is 9.48 Å². The molecule has 1 aliphatic rings. The number of nitrogens with zero attached hydrogens (tertiary/aromatic N) is 2. The summed E-state index contributed by atoms with van der Waals surface area (Å²) in [7, 11) is 1.80. The van der Waals surface area contributed by atoms with E-state index in [2.05, 4.69) is 22.7 Å². The standard InChI is InChI=1S/C9H14N4O/c1-3-4-6-7-8(13(2)12-6)9(14)11-5-10-7/h10H,3-5H2,1-2H3,(H,11,14). The number of anilines is 1. The quantitative estimate of drug-likeness (QED) is 0.720. The molecule has 1 aromatic heterocycles. The maximum Gasteiger partial charge on any atom is 0.273 e. The molecule has 0 radical (unpaired) electrons. The second-order valence-electron chi connectivity index (χ2n) is 3.40. The predicted molar refractivity (Wildman–Crippen MR) is 53.2 cm³/mol. The number of aryl methyl sites for hydroxylation is 2. The van der Waals surface area contributed by atoms with Crippen LogP contribution in [0.4, 0.5) is 5.69 Å². The molecule has 0 aliphatic carbocycles. The van der Waals surface area contributed by atoms with Crippen molar-refractivity contribution >= 4 is 11.6 Å². The molecule has 0 fully saturated rings. The zero-order valence-corrected chi connectivity index (χ0v) is 8.42. The molecule has 2 heterocycles. The molecule has 0 unspecified atom stereocenters. The summed E-state index contributed by atoms with van der Waals surface area (Å²) in [6.07, 6.45) is 1.94. The zero-order valence-electron chi connectivity index (χ0n) is 8.42. The lowest BCUT2D eigenvalue weighted by Crippen LogP contribution is -2.35. The molecule has 1 aromatic rings. The van der Waals surface area contributed by atoms with Crippen molar-refractivity contribution in [2.24, 2.45) is 7.05 Å². The summed E-state index contributed by atoms with van der Waals surface area (Å²) in [5.74, 6) is -0.0453. The van der Waals surface area contributed by atoms with Gasteiger partial charge in [0.25, 0.3) is 5.91 Å². The normalized spacial score (nSPS) is 14.6. The highest BCUT2D eigenvalue weighted by atomic mass is 16.2. The van der Waals surface area contributed by atoms with Crippen LogP contribution < -0.4 is 10.6 Å². The second kappa shape index (κ2) is 3.32. The first-order valence-electron chi connectivity index (χ1n) is 4.82. The summed E-state index contributed by atoms with van der Waals surface area (Å²) in [6, 6.07) is 0. The Morgan fingerprint density at radius 2 is 2.29 bits per heavy atom. The van der Waals surface area contributed by atoms with E-state index in [0.717, 1.165) is 24.2 Å². The van der Waals surface area contributed by atoms with Crippen molar-refractivity contribution in [3.63, 3.8) is 0 Å². The van der Waals surface area contributed by atoms with Crippen LogP contribution in [-0.2, 0) is 13.5 Å². The summed E-state index contributed by atoms with van der Waals surface area (Å²) in [4.78, 5) is 11.5. The Morgan fingerprint density at radius 1 is 1.50 bits per heavy atom. The molecule has 0 aromatic carbocycles. The molecule has 0 bridgehead atoms.